The Kier molecular flexibility index (Phi) is 4.84. The Bertz CT molecular complexity index is 1050. The molecule has 1 aromatic carbocycles. The zero-order chi connectivity index (χ0) is 19.5. The molecular formula is C20H20N6O2. The highest BCUT2D eigenvalue weighted by atomic mass is 16.2. The lowest BCUT2D eigenvalue weighted by Gasteiger charge is -2.32. The zero-order valence-electron chi connectivity index (χ0n) is 15.2. The maximum Gasteiger partial charge on any atom is 0.253 e. The summed E-state index contributed by atoms with van der Waals surface area (Å²) in [4.78, 5) is 41.4. The number of aromatic nitrogens is 4. The number of aromatic amines is 1. The van der Waals surface area contributed by atoms with E-state index in [9.17, 15) is 9.59 Å². The van der Waals surface area contributed by atoms with Crippen molar-refractivity contribution in [3.63, 3.8) is 0 Å². The van der Waals surface area contributed by atoms with Crippen molar-refractivity contribution in [2.45, 2.75) is 18.8 Å². The Morgan fingerprint density at radius 1 is 1.21 bits per heavy atom. The highest BCUT2D eigenvalue weighted by molar-refractivity contribution is 5.94. The van der Waals surface area contributed by atoms with Gasteiger partial charge >= 0.3 is 0 Å². The molecule has 8 nitrogen and oxygen atoms in total. The molecule has 1 amide bonds. The SMILES string of the molecule is Nc1cncc(-c2ccc(C(=O)N3CCCC(c4cc(=O)[nH]cn4)C3)cc2)n1. The van der Waals surface area contributed by atoms with Crippen LogP contribution in [0.1, 0.15) is 34.8 Å². The third-order valence-corrected chi connectivity index (χ3v) is 4.91. The van der Waals surface area contributed by atoms with Gasteiger partial charge < -0.3 is 15.6 Å². The van der Waals surface area contributed by atoms with Crippen molar-refractivity contribution < 1.29 is 4.79 Å². The van der Waals surface area contributed by atoms with E-state index in [-0.39, 0.29) is 17.4 Å². The molecule has 1 fully saturated rings. The Hall–Kier alpha value is -3.55. The first kappa shape index (κ1) is 17.8. The molecule has 1 aliphatic rings. The summed E-state index contributed by atoms with van der Waals surface area (Å²) in [5.41, 5.74) is 8.36. The van der Waals surface area contributed by atoms with E-state index in [1.54, 1.807) is 18.3 Å². The van der Waals surface area contributed by atoms with Crippen molar-refractivity contribution in [2.24, 2.45) is 0 Å². The average molecular weight is 376 g/mol. The van der Waals surface area contributed by atoms with E-state index in [0.717, 1.165) is 24.1 Å². The highest BCUT2D eigenvalue weighted by Crippen LogP contribution is 2.26. The molecule has 28 heavy (non-hydrogen) atoms. The number of nitrogens with one attached hydrogen (secondary N) is 1. The summed E-state index contributed by atoms with van der Waals surface area (Å²) in [6.45, 7) is 1.25. The first-order valence-electron chi connectivity index (χ1n) is 9.12. The number of nitrogens with two attached hydrogens (primary N) is 1. The van der Waals surface area contributed by atoms with Crippen LogP contribution in [0.15, 0.2) is 53.8 Å². The van der Waals surface area contributed by atoms with Crippen LogP contribution in [-0.4, -0.2) is 43.8 Å². The number of amides is 1. The van der Waals surface area contributed by atoms with E-state index in [2.05, 4.69) is 19.9 Å². The summed E-state index contributed by atoms with van der Waals surface area (Å²) in [5.74, 6) is 0.395. The number of rotatable bonds is 3. The van der Waals surface area contributed by atoms with Crippen LogP contribution in [0.5, 0.6) is 0 Å². The standard InChI is InChI=1S/C20H20N6O2/c21-18-10-22-9-17(25-18)13-3-5-14(6-4-13)20(28)26-7-1-2-15(11-26)16-8-19(27)24-12-23-16/h3-6,8-10,12,15H,1-2,7,11H2,(H2,21,25)(H,23,24,27). The summed E-state index contributed by atoms with van der Waals surface area (Å²) in [6, 6.07) is 8.78. The van der Waals surface area contributed by atoms with Crippen molar-refractivity contribution in [1.29, 1.82) is 0 Å². The Morgan fingerprint density at radius 3 is 2.79 bits per heavy atom. The molecule has 0 aliphatic carbocycles. The molecule has 0 spiro atoms. The minimum atomic E-state index is -0.173. The number of piperidine rings is 1. The van der Waals surface area contributed by atoms with Crippen LogP contribution in [0, 0.1) is 0 Å². The summed E-state index contributed by atoms with van der Waals surface area (Å²) in [6.07, 6.45) is 6.33. The van der Waals surface area contributed by atoms with Gasteiger partial charge in [-0.25, -0.2) is 9.97 Å². The number of nitrogens with zero attached hydrogens (tertiary/aromatic N) is 4. The van der Waals surface area contributed by atoms with Crippen molar-refractivity contribution in [3.8, 4) is 11.3 Å². The second kappa shape index (κ2) is 7.59. The van der Waals surface area contributed by atoms with Crippen LogP contribution >= 0.6 is 0 Å². The molecule has 0 saturated carbocycles. The van der Waals surface area contributed by atoms with Crippen LogP contribution in [0.3, 0.4) is 0 Å². The molecule has 8 heteroatoms. The van der Waals surface area contributed by atoms with Gasteiger partial charge in [0.1, 0.15) is 5.82 Å². The Labute approximate surface area is 161 Å². The molecule has 3 heterocycles. The predicted molar refractivity (Wildman–Crippen MR) is 105 cm³/mol. The van der Waals surface area contributed by atoms with Crippen LogP contribution in [-0.2, 0) is 0 Å². The molecule has 1 saturated heterocycles. The number of carbonyl (C=O) groups is 1. The maximum absolute atomic E-state index is 12.9. The Balaban J connectivity index is 1.50. The molecule has 0 bridgehead atoms. The van der Waals surface area contributed by atoms with Gasteiger partial charge in [0.25, 0.3) is 11.5 Å². The van der Waals surface area contributed by atoms with Crippen LogP contribution in [0.2, 0.25) is 0 Å². The second-order valence-corrected chi connectivity index (χ2v) is 6.83. The van der Waals surface area contributed by atoms with E-state index in [0.29, 0.717) is 30.2 Å². The first-order valence-corrected chi connectivity index (χ1v) is 9.12. The molecule has 4 rings (SSSR count). The molecule has 3 N–H and O–H groups in total. The minimum absolute atomic E-state index is 0.0280. The largest absolute Gasteiger partial charge is 0.382 e. The molecular weight excluding hydrogens is 356 g/mol. The Morgan fingerprint density at radius 2 is 2.04 bits per heavy atom. The monoisotopic (exact) mass is 376 g/mol. The second-order valence-electron chi connectivity index (χ2n) is 6.83. The van der Waals surface area contributed by atoms with Crippen molar-refractivity contribution in [2.75, 3.05) is 18.8 Å². The van der Waals surface area contributed by atoms with Gasteiger partial charge in [0.2, 0.25) is 0 Å². The van der Waals surface area contributed by atoms with Gasteiger partial charge in [0.15, 0.2) is 0 Å². The fourth-order valence-corrected chi connectivity index (χ4v) is 3.50. The van der Waals surface area contributed by atoms with Crippen LogP contribution < -0.4 is 11.3 Å². The van der Waals surface area contributed by atoms with E-state index in [4.69, 9.17) is 5.73 Å². The van der Waals surface area contributed by atoms with Gasteiger partial charge in [-0.2, -0.15) is 0 Å². The van der Waals surface area contributed by atoms with E-state index >= 15 is 0 Å². The molecule has 142 valence electrons. The fraction of sp³-hybridized carbons (Fsp3) is 0.250. The number of nitrogen functional groups attached to an aromatic ring is 1. The summed E-state index contributed by atoms with van der Waals surface area (Å²) >= 11 is 0. The number of hydrogen-bond donors (Lipinski definition) is 2. The van der Waals surface area contributed by atoms with Gasteiger partial charge in [0.05, 0.1) is 30.1 Å². The number of hydrogen-bond acceptors (Lipinski definition) is 6. The fourth-order valence-electron chi connectivity index (χ4n) is 3.50. The van der Waals surface area contributed by atoms with Crippen molar-refractivity contribution in [3.05, 3.63) is 70.7 Å². The van der Waals surface area contributed by atoms with E-state index < -0.39 is 0 Å². The first-order chi connectivity index (χ1) is 13.6. The van der Waals surface area contributed by atoms with Gasteiger partial charge in [-0.3, -0.25) is 14.6 Å². The van der Waals surface area contributed by atoms with Crippen molar-refractivity contribution in [1.82, 2.24) is 24.8 Å². The minimum Gasteiger partial charge on any atom is -0.382 e. The molecule has 0 radical (unpaired) electrons. The summed E-state index contributed by atoms with van der Waals surface area (Å²) < 4.78 is 0. The third kappa shape index (κ3) is 3.75. The smallest absolute Gasteiger partial charge is 0.253 e. The zero-order valence-corrected chi connectivity index (χ0v) is 15.2. The number of likely N-dealkylation sites (tertiary alicyclic amines) is 1. The van der Waals surface area contributed by atoms with Gasteiger partial charge in [-0.05, 0) is 25.0 Å². The van der Waals surface area contributed by atoms with Crippen molar-refractivity contribution >= 4 is 11.7 Å². The molecule has 3 aromatic rings. The number of carbonyl (C=O) groups excluding carboxylic acids is 1. The van der Waals surface area contributed by atoms with E-state index in [1.807, 2.05) is 17.0 Å². The van der Waals surface area contributed by atoms with Gasteiger partial charge in [-0.15, -0.1) is 0 Å². The maximum atomic E-state index is 12.9. The lowest BCUT2D eigenvalue weighted by atomic mass is 9.94. The van der Waals surface area contributed by atoms with Crippen LogP contribution in [0.25, 0.3) is 11.3 Å². The topological polar surface area (TPSA) is 118 Å². The van der Waals surface area contributed by atoms with Gasteiger partial charge in [-0.1, -0.05) is 12.1 Å². The normalized spacial score (nSPS) is 16.7. The predicted octanol–water partition coefficient (Wildman–Crippen LogP) is 1.83. The lowest BCUT2D eigenvalue weighted by Crippen LogP contribution is -2.39. The van der Waals surface area contributed by atoms with E-state index in [1.165, 1.54) is 18.6 Å². The molecule has 2 aromatic heterocycles. The average Bonchev–Trinajstić information content (AvgIpc) is 2.73. The highest BCUT2D eigenvalue weighted by Gasteiger charge is 2.26. The quantitative estimate of drug-likeness (QED) is 0.720. The number of benzene rings is 1. The lowest BCUT2D eigenvalue weighted by molar-refractivity contribution is 0.0706. The van der Waals surface area contributed by atoms with Crippen LogP contribution in [0.4, 0.5) is 5.82 Å². The number of H-pyrrole nitrogens is 1. The molecule has 1 atom stereocenters. The molecule has 1 aliphatic heterocycles. The summed E-state index contributed by atoms with van der Waals surface area (Å²) in [5, 5.41) is 0. The third-order valence-electron chi connectivity index (χ3n) is 4.91. The molecule has 1 unspecified atom stereocenters. The van der Waals surface area contributed by atoms with Gasteiger partial charge in [0, 0.05) is 36.2 Å². The summed E-state index contributed by atoms with van der Waals surface area (Å²) in [7, 11) is 0. The number of anilines is 1.